The van der Waals surface area contributed by atoms with Crippen LogP contribution >= 0.6 is 0 Å². The Bertz CT molecular complexity index is 375. The van der Waals surface area contributed by atoms with Gasteiger partial charge >= 0.3 is 0 Å². The minimum absolute atomic E-state index is 0.398. The molecule has 82 valence electrons. The van der Waals surface area contributed by atoms with Crippen molar-refractivity contribution < 1.29 is 4.39 Å². The molecule has 1 saturated carbocycles. The fraction of sp³-hybridized carbons (Fsp3) is 0.800. The molecule has 0 radical (unpaired) electrons. The van der Waals surface area contributed by atoms with Gasteiger partial charge in [-0.15, -0.1) is 5.10 Å². The van der Waals surface area contributed by atoms with E-state index in [4.69, 9.17) is 0 Å². The lowest BCUT2D eigenvalue weighted by Gasteiger charge is -2.54. The van der Waals surface area contributed by atoms with Crippen LogP contribution in [0.2, 0.25) is 0 Å². The molecule has 0 unspecified atom stereocenters. The first-order valence-electron chi connectivity index (χ1n) is 5.43. The molecule has 2 aliphatic rings. The van der Waals surface area contributed by atoms with Crippen molar-refractivity contribution in [1.82, 2.24) is 20.3 Å². The van der Waals surface area contributed by atoms with Gasteiger partial charge in [-0.25, -0.2) is 0 Å². The van der Waals surface area contributed by atoms with Crippen LogP contribution in [0.5, 0.6) is 0 Å². The third kappa shape index (κ3) is 1.45. The first-order valence-corrected chi connectivity index (χ1v) is 5.43. The fourth-order valence-electron chi connectivity index (χ4n) is 2.90. The maximum absolute atomic E-state index is 13.2. The summed E-state index contributed by atoms with van der Waals surface area (Å²) in [6, 6.07) is 0. The van der Waals surface area contributed by atoms with E-state index in [9.17, 15) is 4.39 Å². The molecule has 2 heterocycles. The molecule has 0 amide bonds. The van der Waals surface area contributed by atoms with E-state index in [1.165, 1.54) is 17.6 Å². The lowest BCUT2D eigenvalue weighted by molar-refractivity contribution is 0.000101. The Balaban J connectivity index is 1.60. The molecular weight excluding hydrogens is 195 g/mol. The Morgan fingerprint density at radius 3 is 2.67 bits per heavy atom. The van der Waals surface area contributed by atoms with Crippen molar-refractivity contribution in [2.24, 2.45) is 18.4 Å². The molecule has 4 nitrogen and oxygen atoms in total. The summed E-state index contributed by atoms with van der Waals surface area (Å²) in [6.07, 6.45) is 3.19. The zero-order valence-electron chi connectivity index (χ0n) is 8.83. The second kappa shape index (κ2) is 3.01. The average Bonchev–Trinajstić information content (AvgIpc) is 2.33. The molecule has 1 aromatic rings. The number of aryl methyl sites for hydroxylation is 1. The highest BCUT2D eigenvalue weighted by Gasteiger charge is 2.48. The van der Waals surface area contributed by atoms with Gasteiger partial charge in [-0.1, -0.05) is 0 Å². The largest absolute Gasteiger partial charge is 0.316 e. The molecule has 15 heavy (non-hydrogen) atoms. The van der Waals surface area contributed by atoms with E-state index >= 15 is 0 Å². The number of nitrogens with zero attached hydrogens (tertiary/aromatic N) is 3. The van der Waals surface area contributed by atoms with E-state index in [1.807, 2.05) is 0 Å². The molecule has 1 aromatic heterocycles. The fourth-order valence-corrected chi connectivity index (χ4v) is 2.90. The quantitative estimate of drug-likeness (QED) is 0.772. The molecule has 1 aliphatic carbocycles. The average molecular weight is 210 g/mol. The Labute approximate surface area is 87.9 Å². The summed E-state index contributed by atoms with van der Waals surface area (Å²) in [5.41, 5.74) is 1.09. The van der Waals surface area contributed by atoms with Crippen molar-refractivity contribution >= 4 is 0 Å². The second-order valence-electron chi connectivity index (χ2n) is 5.01. The summed E-state index contributed by atoms with van der Waals surface area (Å²) >= 11 is 0. The summed E-state index contributed by atoms with van der Waals surface area (Å²) < 4.78 is 13.2. The molecule has 1 spiro atoms. The van der Waals surface area contributed by atoms with Crippen LogP contribution in [0, 0.1) is 17.3 Å². The molecule has 0 aromatic carbocycles. The van der Waals surface area contributed by atoms with Gasteiger partial charge in [0.05, 0.1) is 0 Å². The second-order valence-corrected chi connectivity index (χ2v) is 5.01. The smallest absolute Gasteiger partial charge is 0.255 e. The van der Waals surface area contributed by atoms with E-state index < -0.39 is 5.95 Å². The molecule has 1 saturated heterocycles. The molecule has 1 N–H and O–H groups in total. The van der Waals surface area contributed by atoms with Gasteiger partial charge in [-0.05, 0) is 30.6 Å². The van der Waals surface area contributed by atoms with Gasteiger partial charge in [0.2, 0.25) is 0 Å². The van der Waals surface area contributed by atoms with Crippen LogP contribution in [-0.4, -0.2) is 28.1 Å². The summed E-state index contributed by atoms with van der Waals surface area (Å²) in [7, 11) is 1.66. The SMILES string of the molecule is Cn1nc(F)c(CC2CC3(CNC3)C2)n1. The van der Waals surface area contributed by atoms with E-state index in [-0.39, 0.29) is 0 Å². The van der Waals surface area contributed by atoms with Gasteiger partial charge in [-0.2, -0.15) is 14.3 Å². The summed E-state index contributed by atoms with van der Waals surface area (Å²) in [5, 5.41) is 11.0. The first kappa shape index (κ1) is 9.27. The van der Waals surface area contributed by atoms with Crippen LogP contribution in [0.1, 0.15) is 18.5 Å². The molecular formula is C10H15FN4. The topological polar surface area (TPSA) is 42.7 Å². The lowest BCUT2D eigenvalue weighted by atomic mass is 9.57. The molecule has 5 heteroatoms. The Kier molecular flexibility index (Phi) is 1.86. The third-order valence-corrected chi connectivity index (χ3v) is 3.66. The Hall–Kier alpha value is -0.970. The van der Waals surface area contributed by atoms with Crippen molar-refractivity contribution in [2.75, 3.05) is 13.1 Å². The minimum atomic E-state index is -0.398. The lowest BCUT2D eigenvalue weighted by Crippen LogP contribution is -2.60. The van der Waals surface area contributed by atoms with Crippen molar-refractivity contribution in [3.05, 3.63) is 11.6 Å². The van der Waals surface area contributed by atoms with Crippen molar-refractivity contribution in [3.63, 3.8) is 0 Å². The normalized spacial score (nSPS) is 23.9. The summed E-state index contributed by atoms with van der Waals surface area (Å²) in [5.74, 6) is 0.212. The standard InChI is InChI=1S/C10H15FN4/c1-15-13-8(9(11)14-15)2-7-3-10(4-7)5-12-6-10/h7,12H,2-6H2,1H3. The number of aromatic nitrogens is 3. The van der Waals surface area contributed by atoms with Crippen LogP contribution in [0.15, 0.2) is 0 Å². The van der Waals surface area contributed by atoms with Gasteiger partial charge < -0.3 is 5.32 Å². The van der Waals surface area contributed by atoms with Crippen LogP contribution < -0.4 is 5.32 Å². The van der Waals surface area contributed by atoms with E-state index in [0.29, 0.717) is 17.0 Å². The highest BCUT2D eigenvalue weighted by atomic mass is 19.1. The predicted molar refractivity (Wildman–Crippen MR) is 52.7 cm³/mol. The van der Waals surface area contributed by atoms with Gasteiger partial charge in [0, 0.05) is 20.1 Å². The minimum Gasteiger partial charge on any atom is -0.316 e. The van der Waals surface area contributed by atoms with Crippen LogP contribution in [0.4, 0.5) is 4.39 Å². The van der Waals surface area contributed by atoms with E-state index in [0.717, 1.165) is 19.5 Å². The zero-order chi connectivity index (χ0) is 10.5. The molecule has 2 fully saturated rings. The predicted octanol–water partition coefficient (Wildman–Crippen LogP) is 0.496. The molecule has 0 bridgehead atoms. The summed E-state index contributed by atoms with van der Waals surface area (Å²) in [6.45, 7) is 2.29. The molecule has 1 aliphatic heterocycles. The maximum atomic E-state index is 13.2. The van der Waals surface area contributed by atoms with E-state index in [1.54, 1.807) is 7.05 Å². The highest BCUT2D eigenvalue weighted by Crippen LogP contribution is 2.49. The monoisotopic (exact) mass is 210 g/mol. The van der Waals surface area contributed by atoms with E-state index in [2.05, 4.69) is 15.5 Å². The van der Waals surface area contributed by atoms with Gasteiger partial charge in [0.25, 0.3) is 5.95 Å². The number of hydrogen-bond acceptors (Lipinski definition) is 3. The zero-order valence-corrected chi connectivity index (χ0v) is 8.83. The van der Waals surface area contributed by atoms with Crippen LogP contribution in [-0.2, 0) is 13.5 Å². The number of halogens is 1. The highest BCUT2D eigenvalue weighted by molar-refractivity contribution is 5.07. The van der Waals surface area contributed by atoms with Gasteiger partial charge in [0.15, 0.2) is 0 Å². The first-order chi connectivity index (χ1) is 7.17. The van der Waals surface area contributed by atoms with Gasteiger partial charge in [-0.3, -0.25) is 0 Å². The van der Waals surface area contributed by atoms with Crippen LogP contribution in [0.3, 0.4) is 0 Å². The van der Waals surface area contributed by atoms with Crippen molar-refractivity contribution in [1.29, 1.82) is 0 Å². The van der Waals surface area contributed by atoms with Crippen molar-refractivity contribution in [2.45, 2.75) is 19.3 Å². The Morgan fingerprint density at radius 2 is 2.20 bits per heavy atom. The van der Waals surface area contributed by atoms with Crippen molar-refractivity contribution in [3.8, 4) is 0 Å². The number of nitrogens with one attached hydrogen (secondary N) is 1. The third-order valence-electron chi connectivity index (χ3n) is 3.66. The van der Waals surface area contributed by atoms with Gasteiger partial charge in [0.1, 0.15) is 5.69 Å². The molecule has 0 atom stereocenters. The molecule has 3 rings (SSSR count). The number of rotatable bonds is 2. The maximum Gasteiger partial charge on any atom is 0.255 e. The summed E-state index contributed by atoms with van der Waals surface area (Å²) in [4.78, 5) is 1.31. The number of hydrogen-bond donors (Lipinski definition) is 1. The Morgan fingerprint density at radius 1 is 1.47 bits per heavy atom. The van der Waals surface area contributed by atoms with Crippen LogP contribution in [0.25, 0.3) is 0 Å².